The van der Waals surface area contributed by atoms with Crippen molar-refractivity contribution in [1.29, 1.82) is 0 Å². The zero-order valence-electron chi connectivity index (χ0n) is 15.3. The number of nitrogens with zero attached hydrogens (tertiary/aromatic N) is 3. The minimum atomic E-state index is -0.402. The Morgan fingerprint density at radius 1 is 1.04 bits per heavy atom. The van der Waals surface area contributed by atoms with E-state index in [2.05, 4.69) is 4.90 Å². The molecule has 132 valence electrons. The fourth-order valence-electron chi connectivity index (χ4n) is 2.18. The van der Waals surface area contributed by atoms with Gasteiger partial charge in [0.25, 0.3) is 5.69 Å². The first-order chi connectivity index (χ1) is 10.9. The van der Waals surface area contributed by atoms with Gasteiger partial charge in [-0.1, -0.05) is 34.6 Å². The van der Waals surface area contributed by atoms with Crippen LogP contribution in [0.3, 0.4) is 0 Å². The first-order valence-electron chi connectivity index (χ1n) is 8.32. The molecule has 1 aromatic rings. The van der Waals surface area contributed by atoms with Crippen LogP contribution < -0.4 is 0 Å². The minimum absolute atomic E-state index is 0.0365. The van der Waals surface area contributed by atoms with Crippen molar-refractivity contribution < 1.29 is 10.0 Å². The molecule has 0 unspecified atom stereocenters. The van der Waals surface area contributed by atoms with Gasteiger partial charge in [-0.3, -0.25) is 15.0 Å². The quantitative estimate of drug-likeness (QED) is 0.584. The summed E-state index contributed by atoms with van der Waals surface area (Å²) in [4.78, 5) is 14.8. The Labute approximate surface area is 139 Å². The van der Waals surface area contributed by atoms with Gasteiger partial charge in [-0.05, 0) is 26.7 Å². The lowest BCUT2D eigenvalue weighted by molar-refractivity contribution is -0.385. The van der Waals surface area contributed by atoms with Crippen LogP contribution in [0.2, 0.25) is 0 Å². The van der Waals surface area contributed by atoms with E-state index in [0.29, 0.717) is 24.2 Å². The molecule has 23 heavy (non-hydrogen) atoms. The third-order valence-electron chi connectivity index (χ3n) is 3.73. The van der Waals surface area contributed by atoms with Gasteiger partial charge in [0.05, 0.1) is 4.92 Å². The van der Waals surface area contributed by atoms with E-state index in [-0.39, 0.29) is 11.4 Å². The van der Waals surface area contributed by atoms with Gasteiger partial charge in [0.1, 0.15) is 5.75 Å². The molecule has 0 fully saturated rings. The van der Waals surface area contributed by atoms with Crippen LogP contribution in [0, 0.1) is 10.1 Å². The highest BCUT2D eigenvalue weighted by Crippen LogP contribution is 2.30. The normalized spacial score (nSPS) is 10.6. The lowest BCUT2D eigenvalue weighted by Gasteiger charge is -2.21. The van der Waals surface area contributed by atoms with E-state index in [0.717, 1.165) is 19.6 Å². The third kappa shape index (κ3) is 6.54. The molecular weight excluding hydrogens is 294 g/mol. The number of phenols is 1. The molecule has 0 spiro atoms. The number of nitro groups is 1. The SMILES string of the molecule is CC.CCN(C)Cc1cc([N+](=O)[O-])cc(CN(CC)CC)c1O. The van der Waals surface area contributed by atoms with Crippen LogP contribution in [-0.4, -0.2) is 46.5 Å². The van der Waals surface area contributed by atoms with Crippen molar-refractivity contribution in [3.8, 4) is 5.75 Å². The topological polar surface area (TPSA) is 69.8 Å². The molecule has 0 heterocycles. The number of hydrogen-bond acceptors (Lipinski definition) is 5. The predicted molar refractivity (Wildman–Crippen MR) is 94.7 cm³/mol. The molecule has 0 amide bonds. The molecule has 1 N–H and O–H groups in total. The van der Waals surface area contributed by atoms with Crippen LogP contribution in [0.15, 0.2) is 12.1 Å². The molecule has 6 nitrogen and oxygen atoms in total. The Kier molecular flexibility index (Phi) is 10.2. The number of phenolic OH excluding ortho intramolecular Hbond substituents is 1. The van der Waals surface area contributed by atoms with E-state index < -0.39 is 4.92 Å². The monoisotopic (exact) mass is 325 g/mol. The largest absolute Gasteiger partial charge is 0.507 e. The van der Waals surface area contributed by atoms with Crippen LogP contribution >= 0.6 is 0 Å². The molecule has 0 aromatic heterocycles. The summed E-state index contributed by atoms with van der Waals surface area (Å²) in [6, 6.07) is 2.94. The van der Waals surface area contributed by atoms with Crippen molar-refractivity contribution in [3.63, 3.8) is 0 Å². The maximum atomic E-state index is 11.1. The van der Waals surface area contributed by atoms with Crippen LogP contribution in [0.25, 0.3) is 0 Å². The smallest absolute Gasteiger partial charge is 0.270 e. The van der Waals surface area contributed by atoms with E-state index in [1.54, 1.807) is 0 Å². The molecule has 0 saturated heterocycles. The molecule has 0 bridgehead atoms. The molecule has 1 aromatic carbocycles. The summed E-state index contributed by atoms with van der Waals surface area (Å²) in [5.41, 5.74) is 1.26. The van der Waals surface area contributed by atoms with Crippen LogP contribution in [0.1, 0.15) is 45.7 Å². The fraction of sp³-hybridized carbons (Fsp3) is 0.647. The number of non-ortho nitro benzene ring substituents is 1. The summed E-state index contributed by atoms with van der Waals surface area (Å²) in [7, 11) is 1.92. The van der Waals surface area contributed by atoms with Crippen molar-refractivity contribution in [2.75, 3.05) is 26.7 Å². The highest BCUT2D eigenvalue weighted by Gasteiger charge is 2.18. The first-order valence-corrected chi connectivity index (χ1v) is 8.32. The van der Waals surface area contributed by atoms with E-state index in [1.807, 2.05) is 46.6 Å². The Balaban J connectivity index is 0.00000232. The Morgan fingerprint density at radius 2 is 1.52 bits per heavy atom. The maximum absolute atomic E-state index is 11.1. The third-order valence-corrected chi connectivity index (χ3v) is 3.73. The molecule has 0 radical (unpaired) electrons. The molecule has 0 aliphatic carbocycles. The second-order valence-corrected chi connectivity index (χ2v) is 5.16. The summed E-state index contributed by atoms with van der Waals surface area (Å²) in [5.74, 6) is 0.174. The number of aromatic hydroxyl groups is 1. The van der Waals surface area contributed by atoms with Gasteiger partial charge in [-0.15, -0.1) is 0 Å². The number of hydrogen-bond donors (Lipinski definition) is 1. The van der Waals surface area contributed by atoms with Crippen LogP contribution in [-0.2, 0) is 13.1 Å². The van der Waals surface area contributed by atoms with Crippen LogP contribution in [0.4, 0.5) is 5.69 Å². The lowest BCUT2D eigenvalue weighted by Crippen LogP contribution is -2.23. The highest BCUT2D eigenvalue weighted by atomic mass is 16.6. The zero-order chi connectivity index (χ0) is 18.0. The second-order valence-electron chi connectivity index (χ2n) is 5.16. The molecule has 0 atom stereocenters. The molecule has 0 saturated carbocycles. The van der Waals surface area contributed by atoms with Gasteiger partial charge in [0, 0.05) is 36.3 Å². The Hall–Kier alpha value is -1.66. The maximum Gasteiger partial charge on any atom is 0.270 e. The van der Waals surface area contributed by atoms with Crippen molar-refractivity contribution in [1.82, 2.24) is 9.80 Å². The van der Waals surface area contributed by atoms with Gasteiger partial charge in [0.2, 0.25) is 0 Å². The van der Waals surface area contributed by atoms with Gasteiger partial charge in [-0.2, -0.15) is 0 Å². The standard InChI is InChI=1S/C15H25N3O3.C2H6/c1-5-16(4)10-12-8-14(18(20)21)9-13(15(12)19)11-17(6-2)7-3;1-2/h8-9,19H,5-7,10-11H2,1-4H3;1-2H3. The molecule has 1 rings (SSSR count). The van der Waals surface area contributed by atoms with Gasteiger partial charge in [-0.25, -0.2) is 0 Å². The van der Waals surface area contributed by atoms with E-state index in [4.69, 9.17) is 0 Å². The van der Waals surface area contributed by atoms with Gasteiger partial charge >= 0.3 is 0 Å². The van der Waals surface area contributed by atoms with E-state index in [1.165, 1.54) is 12.1 Å². The summed E-state index contributed by atoms with van der Waals surface area (Å²) in [6.45, 7) is 13.6. The summed E-state index contributed by atoms with van der Waals surface area (Å²) < 4.78 is 0. The summed E-state index contributed by atoms with van der Waals surface area (Å²) in [6.07, 6.45) is 0. The fourth-order valence-corrected chi connectivity index (χ4v) is 2.18. The van der Waals surface area contributed by atoms with E-state index >= 15 is 0 Å². The van der Waals surface area contributed by atoms with Crippen molar-refractivity contribution in [2.24, 2.45) is 0 Å². The summed E-state index contributed by atoms with van der Waals surface area (Å²) in [5, 5.41) is 21.5. The zero-order valence-corrected chi connectivity index (χ0v) is 15.3. The van der Waals surface area contributed by atoms with Crippen molar-refractivity contribution in [2.45, 2.75) is 47.7 Å². The van der Waals surface area contributed by atoms with Gasteiger partial charge in [0.15, 0.2) is 0 Å². The number of nitro benzene ring substituents is 1. The predicted octanol–water partition coefficient (Wildman–Crippen LogP) is 3.62. The first kappa shape index (κ1) is 21.3. The second kappa shape index (κ2) is 11.0. The van der Waals surface area contributed by atoms with E-state index in [9.17, 15) is 15.2 Å². The highest BCUT2D eigenvalue weighted by molar-refractivity contribution is 5.49. The van der Waals surface area contributed by atoms with Crippen LogP contribution in [0.5, 0.6) is 5.75 Å². The minimum Gasteiger partial charge on any atom is -0.507 e. The lowest BCUT2D eigenvalue weighted by atomic mass is 10.1. The van der Waals surface area contributed by atoms with Crippen molar-refractivity contribution in [3.05, 3.63) is 33.4 Å². The van der Waals surface area contributed by atoms with Crippen molar-refractivity contribution >= 4 is 5.69 Å². The Morgan fingerprint density at radius 3 is 1.91 bits per heavy atom. The van der Waals surface area contributed by atoms with Gasteiger partial charge < -0.3 is 10.0 Å². The Bertz CT molecular complexity index is 488. The molecule has 0 aliphatic rings. The molecular formula is C17H31N3O3. The average Bonchev–Trinajstić information content (AvgIpc) is 2.56. The summed E-state index contributed by atoms with van der Waals surface area (Å²) >= 11 is 0. The number of benzene rings is 1. The molecule has 6 heteroatoms. The molecule has 0 aliphatic heterocycles. The average molecular weight is 325 g/mol. The number of rotatable bonds is 8.